The number of fused-ring (bicyclic) bond motifs is 1. The maximum atomic E-state index is 5.69. The fraction of sp³-hybridized carbons (Fsp3) is 0.625. The van der Waals surface area contributed by atoms with Crippen LogP contribution in [0, 0.1) is 0 Å². The van der Waals surface area contributed by atoms with Crippen molar-refractivity contribution in [3.63, 3.8) is 0 Å². The lowest BCUT2D eigenvalue weighted by molar-refractivity contribution is 0.102. The number of alkyl halides is 1. The Kier molecular flexibility index (Phi) is 4.05. The summed E-state index contributed by atoms with van der Waals surface area (Å²) in [6.07, 6.45) is 9.27. The van der Waals surface area contributed by atoms with Gasteiger partial charge in [0.25, 0.3) is 0 Å². The number of hydrogen-bond acceptors (Lipinski definition) is 1. The lowest BCUT2D eigenvalue weighted by Gasteiger charge is -2.14. The summed E-state index contributed by atoms with van der Waals surface area (Å²) in [5.41, 5.74) is 4.60. The van der Waals surface area contributed by atoms with E-state index >= 15 is 0 Å². The minimum absolute atomic E-state index is 0.493. The summed E-state index contributed by atoms with van der Waals surface area (Å²) in [5, 5.41) is 0. The molecule has 0 N–H and O–H groups in total. The third-order valence-corrected chi connectivity index (χ3v) is 5.24. The van der Waals surface area contributed by atoms with Crippen molar-refractivity contribution in [3.05, 3.63) is 34.9 Å². The first-order chi connectivity index (χ1) is 8.83. The topological polar surface area (TPSA) is 9.23 Å². The van der Waals surface area contributed by atoms with E-state index < -0.39 is 0 Å². The molecule has 1 aliphatic carbocycles. The van der Waals surface area contributed by atoms with Crippen molar-refractivity contribution in [2.24, 2.45) is 0 Å². The lowest BCUT2D eigenvalue weighted by Crippen LogP contribution is -2.06. The van der Waals surface area contributed by atoms with Gasteiger partial charge < -0.3 is 4.74 Å². The lowest BCUT2D eigenvalue weighted by atomic mass is 10.0. The number of rotatable bonds is 4. The van der Waals surface area contributed by atoms with E-state index in [1.807, 2.05) is 0 Å². The zero-order valence-electron chi connectivity index (χ0n) is 10.8. The van der Waals surface area contributed by atoms with E-state index in [-0.39, 0.29) is 0 Å². The Bertz CT molecular complexity index is 410. The van der Waals surface area contributed by atoms with E-state index in [1.54, 1.807) is 11.1 Å². The normalized spacial score (nSPS) is 24.2. The van der Waals surface area contributed by atoms with Crippen LogP contribution in [0.3, 0.4) is 0 Å². The molecule has 2 aliphatic rings. The summed E-state index contributed by atoms with van der Waals surface area (Å²) >= 11 is 3.85. The van der Waals surface area contributed by atoms with E-state index in [0.29, 0.717) is 10.9 Å². The summed E-state index contributed by atoms with van der Waals surface area (Å²) in [4.78, 5) is 0.493. The van der Waals surface area contributed by atoms with Gasteiger partial charge in [-0.3, -0.25) is 0 Å². The Hall–Kier alpha value is -0.340. The van der Waals surface area contributed by atoms with Crippen molar-refractivity contribution in [1.29, 1.82) is 0 Å². The molecule has 1 saturated heterocycles. The smallest absolute Gasteiger partial charge is 0.0576 e. The highest BCUT2D eigenvalue weighted by Gasteiger charge is 2.18. The van der Waals surface area contributed by atoms with E-state index in [9.17, 15) is 0 Å². The summed E-state index contributed by atoms with van der Waals surface area (Å²) in [5.74, 6) is 0. The van der Waals surface area contributed by atoms with Gasteiger partial charge in [0.05, 0.1) is 6.10 Å². The second kappa shape index (κ2) is 5.75. The predicted octanol–water partition coefficient (Wildman–Crippen LogP) is 4.57. The number of benzene rings is 1. The molecule has 1 fully saturated rings. The van der Waals surface area contributed by atoms with Crippen LogP contribution in [-0.2, 0) is 17.6 Å². The average molecular weight is 309 g/mol. The van der Waals surface area contributed by atoms with Crippen molar-refractivity contribution in [3.8, 4) is 0 Å². The van der Waals surface area contributed by atoms with Crippen LogP contribution in [0.2, 0.25) is 0 Å². The molecule has 2 atom stereocenters. The van der Waals surface area contributed by atoms with E-state index in [4.69, 9.17) is 4.74 Å². The third-order valence-electron chi connectivity index (χ3n) is 4.25. The Balaban J connectivity index is 1.59. The molecule has 0 radical (unpaired) electrons. The van der Waals surface area contributed by atoms with E-state index in [0.717, 1.165) is 6.61 Å². The summed E-state index contributed by atoms with van der Waals surface area (Å²) < 4.78 is 5.69. The highest BCUT2D eigenvalue weighted by atomic mass is 79.9. The van der Waals surface area contributed by atoms with Crippen LogP contribution >= 0.6 is 15.9 Å². The summed E-state index contributed by atoms with van der Waals surface area (Å²) in [6, 6.07) is 7.05. The molecule has 0 spiro atoms. The third kappa shape index (κ3) is 2.80. The Morgan fingerprint density at radius 2 is 2.11 bits per heavy atom. The number of halogens is 1. The number of hydrogen-bond donors (Lipinski definition) is 0. The maximum absolute atomic E-state index is 5.69. The molecule has 98 valence electrons. The molecule has 18 heavy (non-hydrogen) atoms. The Morgan fingerprint density at radius 1 is 1.22 bits per heavy atom. The zero-order valence-corrected chi connectivity index (χ0v) is 12.4. The summed E-state index contributed by atoms with van der Waals surface area (Å²) in [7, 11) is 0. The first-order valence-corrected chi connectivity index (χ1v) is 8.12. The molecule has 2 unspecified atom stereocenters. The molecule has 2 heteroatoms. The van der Waals surface area contributed by atoms with Gasteiger partial charge >= 0.3 is 0 Å². The Labute approximate surface area is 118 Å². The highest BCUT2D eigenvalue weighted by Crippen LogP contribution is 2.33. The van der Waals surface area contributed by atoms with Crippen LogP contribution in [-0.4, -0.2) is 12.7 Å². The maximum Gasteiger partial charge on any atom is 0.0576 e. The van der Waals surface area contributed by atoms with E-state index in [2.05, 4.69) is 34.1 Å². The molecule has 1 aromatic rings. The average Bonchev–Trinajstić information content (AvgIpc) is 3.05. The SMILES string of the molecule is BrC(CCC1CCCO1)c1ccc2c(c1)CCC2. The fourth-order valence-corrected chi connectivity index (χ4v) is 3.71. The van der Waals surface area contributed by atoms with Crippen molar-refractivity contribution in [2.45, 2.75) is 55.9 Å². The first-order valence-electron chi connectivity index (χ1n) is 7.20. The number of ether oxygens (including phenoxy) is 1. The standard InChI is InChI=1S/C16H21BrO/c17-16(9-8-15-5-2-10-18-15)14-7-6-12-3-1-4-13(12)11-14/h6-7,11,15-16H,1-5,8-10H2. The molecule has 1 heterocycles. The summed E-state index contributed by atoms with van der Waals surface area (Å²) in [6.45, 7) is 0.969. The molecule has 0 amide bonds. The second-order valence-corrected chi connectivity index (χ2v) is 6.67. The van der Waals surface area contributed by atoms with Gasteiger partial charge in [0.2, 0.25) is 0 Å². The van der Waals surface area contributed by atoms with Crippen molar-refractivity contribution in [1.82, 2.24) is 0 Å². The predicted molar refractivity (Wildman–Crippen MR) is 78.3 cm³/mol. The molecule has 1 aliphatic heterocycles. The minimum atomic E-state index is 0.493. The van der Waals surface area contributed by atoms with Gasteiger partial charge in [-0.2, -0.15) is 0 Å². The van der Waals surface area contributed by atoms with Gasteiger partial charge in [-0.05, 0) is 61.6 Å². The van der Waals surface area contributed by atoms with Crippen LogP contribution in [0.15, 0.2) is 18.2 Å². The molecule has 1 aromatic carbocycles. The van der Waals surface area contributed by atoms with Gasteiger partial charge in [-0.1, -0.05) is 34.1 Å². The molecular formula is C16H21BrO. The zero-order chi connectivity index (χ0) is 12.4. The monoisotopic (exact) mass is 308 g/mol. The van der Waals surface area contributed by atoms with Crippen LogP contribution in [0.25, 0.3) is 0 Å². The molecular weight excluding hydrogens is 288 g/mol. The van der Waals surface area contributed by atoms with Crippen LogP contribution in [0.1, 0.15) is 53.6 Å². The largest absolute Gasteiger partial charge is 0.378 e. The van der Waals surface area contributed by atoms with Crippen molar-refractivity contribution >= 4 is 15.9 Å². The second-order valence-electron chi connectivity index (χ2n) is 5.56. The van der Waals surface area contributed by atoms with E-state index in [1.165, 1.54) is 50.5 Å². The van der Waals surface area contributed by atoms with Gasteiger partial charge in [0, 0.05) is 11.4 Å². The van der Waals surface area contributed by atoms with Crippen molar-refractivity contribution in [2.75, 3.05) is 6.61 Å². The Morgan fingerprint density at radius 3 is 2.94 bits per heavy atom. The number of aryl methyl sites for hydroxylation is 2. The molecule has 0 aromatic heterocycles. The molecule has 3 rings (SSSR count). The van der Waals surface area contributed by atoms with Crippen molar-refractivity contribution < 1.29 is 4.74 Å². The highest BCUT2D eigenvalue weighted by molar-refractivity contribution is 9.09. The van der Waals surface area contributed by atoms with Crippen LogP contribution in [0.4, 0.5) is 0 Å². The fourth-order valence-electron chi connectivity index (χ4n) is 3.16. The molecule has 0 saturated carbocycles. The molecule has 0 bridgehead atoms. The molecule has 1 nitrogen and oxygen atoms in total. The minimum Gasteiger partial charge on any atom is -0.378 e. The van der Waals surface area contributed by atoms with Gasteiger partial charge in [0.15, 0.2) is 0 Å². The quantitative estimate of drug-likeness (QED) is 0.740. The first kappa shape index (κ1) is 12.7. The van der Waals surface area contributed by atoms with Crippen LogP contribution < -0.4 is 0 Å². The van der Waals surface area contributed by atoms with Gasteiger partial charge in [-0.15, -0.1) is 0 Å². The van der Waals surface area contributed by atoms with Crippen LogP contribution in [0.5, 0.6) is 0 Å². The van der Waals surface area contributed by atoms with Gasteiger partial charge in [0.1, 0.15) is 0 Å². The van der Waals surface area contributed by atoms with Gasteiger partial charge in [-0.25, -0.2) is 0 Å².